The van der Waals surface area contributed by atoms with Gasteiger partial charge in [-0.15, -0.1) is 0 Å². The third kappa shape index (κ3) is 3.24. The Kier molecular flexibility index (Phi) is 4.80. The number of hydrogen-bond acceptors (Lipinski definition) is 7. The molecule has 2 aromatic carbocycles. The minimum absolute atomic E-state index is 0.129. The monoisotopic (exact) mass is 394 g/mol. The second kappa shape index (κ2) is 7.43. The third-order valence-electron chi connectivity index (χ3n) is 5.05. The smallest absolute Gasteiger partial charge is 0.306 e. The largest absolute Gasteiger partial charge is 0.507 e. The van der Waals surface area contributed by atoms with Crippen molar-refractivity contribution in [3.05, 3.63) is 64.7 Å². The first-order chi connectivity index (χ1) is 14.0. The van der Waals surface area contributed by atoms with Gasteiger partial charge in [0.25, 0.3) is 0 Å². The molecule has 29 heavy (non-hydrogen) atoms. The number of rotatable bonds is 4. The van der Waals surface area contributed by atoms with Crippen molar-refractivity contribution in [3.8, 4) is 11.5 Å². The molecular formula is C22H18O7. The highest BCUT2D eigenvalue weighted by Crippen LogP contribution is 2.41. The first-order valence-corrected chi connectivity index (χ1v) is 9.09. The molecule has 0 fully saturated rings. The number of carbonyl (C=O) groups is 3. The van der Waals surface area contributed by atoms with Gasteiger partial charge in [-0.1, -0.05) is 30.3 Å². The molecule has 1 aliphatic heterocycles. The minimum atomic E-state index is -0.886. The first-order valence-electron chi connectivity index (χ1n) is 9.09. The van der Waals surface area contributed by atoms with E-state index in [1.807, 2.05) is 0 Å². The van der Waals surface area contributed by atoms with Crippen molar-refractivity contribution in [2.45, 2.75) is 12.3 Å². The van der Waals surface area contributed by atoms with Crippen LogP contribution in [0.4, 0.5) is 0 Å². The fraction of sp³-hybridized carbons (Fsp3) is 0.227. The maximum Gasteiger partial charge on any atom is 0.306 e. The number of aliphatic hydroxyl groups excluding tert-OH is 1. The molecule has 0 aromatic heterocycles. The van der Waals surface area contributed by atoms with Crippen LogP contribution in [0.5, 0.6) is 11.5 Å². The number of esters is 1. The molecule has 0 saturated heterocycles. The van der Waals surface area contributed by atoms with Gasteiger partial charge in [0, 0.05) is 17.0 Å². The predicted molar refractivity (Wildman–Crippen MR) is 102 cm³/mol. The summed E-state index contributed by atoms with van der Waals surface area (Å²) >= 11 is 0. The van der Waals surface area contributed by atoms with Gasteiger partial charge in [0.05, 0.1) is 19.1 Å². The molecule has 2 aromatic rings. The average molecular weight is 394 g/mol. The molecule has 0 saturated carbocycles. The Morgan fingerprint density at radius 3 is 2.45 bits per heavy atom. The number of methoxy groups -OCH3 is 1. The Hall–Kier alpha value is -3.61. The Morgan fingerprint density at radius 1 is 1.03 bits per heavy atom. The molecule has 0 radical (unpaired) electrons. The van der Waals surface area contributed by atoms with Crippen LogP contribution in [0.3, 0.4) is 0 Å². The summed E-state index contributed by atoms with van der Waals surface area (Å²) in [5.74, 6) is -2.32. The van der Waals surface area contributed by atoms with E-state index in [-0.39, 0.29) is 28.9 Å². The average Bonchev–Trinajstić information content (AvgIpc) is 2.76. The molecule has 1 atom stereocenters. The quantitative estimate of drug-likeness (QED) is 0.629. The number of benzene rings is 2. The molecule has 2 aliphatic rings. The predicted octanol–water partition coefficient (Wildman–Crippen LogP) is 2.84. The van der Waals surface area contributed by atoms with Gasteiger partial charge in [0.1, 0.15) is 19.0 Å². The van der Waals surface area contributed by atoms with Crippen LogP contribution >= 0.6 is 0 Å². The van der Waals surface area contributed by atoms with Gasteiger partial charge in [-0.25, -0.2) is 0 Å². The van der Waals surface area contributed by atoms with Gasteiger partial charge in [-0.05, 0) is 17.7 Å². The summed E-state index contributed by atoms with van der Waals surface area (Å²) in [4.78, 5) is 37.6. The van der Waals surface area contributed by atoms with Crippen LogP contribution in [0.1, 0.15) is 33.8 Å². The van der Waals surface area contributed by atoms with Gasteiger partial charge in [-0.2, -0.15) is 0 Å². The van der Waals surface area contributed by atoms with E-state index in [9.17, 15) is 19.5 Å². The zero-order chi connectivity index (χ0) is 20.5. The molecule has 7 nitrogen and oxygen atoms in total. The van der Waals surface area contributed by atoms with Crippen LogP contribution < -0.4 is 9.47 Å². The van der Waals surface area contributed by atoms with Gasteiger partial charge < -0.3 is 19.3 Å². The lowest BCUT2D eigenvalue weighted by molar-refractivity contribution is -0.140. The van der Waals surface area contributed by atoms with E-state index >= 15 is 0 Å². The maximum absolute atomic E-state index is 12.9. The van der Waals surface area contributed by atoms with Crippen LogP contribution in [-0.4, -0.2) is 43.0 Å². The second-order valence-corrected chi connectivity index (χ2v) is 6.70. The lowest BCUT2D eigenvalue weighted by atomic mass is 9.78. The topological polar surface area (TPSA) is 99.1 Å². The highest BCUT2D eigenvalue weighted by atomic mass is 16.6. The minimum Gasteiger partial charge on any atom is -0.507 e. The van der Waals surface area contributed by atoms with E-state index in [0.717, 1.165) is 0 Å². The number of fused-ring (bicyclic) bond motifs is 2. The summed E-state index contributed by atoms with van der Waals surface area (Å²) in [6.07, 6.45) is -0.225. The van der Waals surface area contributed by atoms with Crippen molar-refractivity contribution < 1.29 is 33.7 Å². The molecule has 0 spiro atoms. The molecule has 7 heteroatoms. The maximum atomic E-state index is 12.9. The number of ether oxygens (including phenoxy) is 3. The van der Waals surface area contributed by atoms with E-state index in [1.54, 1.807) is 36.4 Å². The van der Waals surface area contributed by atoms with E-state index in [1.165, 1.54) is 13.2 Å². The van der Waals surface area contributed by atoms with Crippen molar-refractivity contribution >= 4 is 23.3 Å². The van der Waals surface area contributed by atoms with Crippen LogP contribution in [-0.2, 0) is 14.3 Å². The Balaban J connectivity index is 1.87. The molecule has 1 N–H and O–H groups in total. The summed E-state index contributed by atoms with van der Waals surface area (Å²) in [6, 6.07) is 11.3. The molecule has 1 heterocycles. The van der Waals surface area contributed by atoms with Crippen LogP contribution in [0.25, 0.3) is 5.76 Å². The second-order valence-electron chi connectivity index (χ2n) is 6.70. The summed E-state index contributed by atoms with van der Waals surface area (Å²) in [5, 5.41) is 10.9. The zero-order valence-electron chi connectivity index (χ0n) is 15.6. The van der Waals surface area contributed by atoms with E-state index in [0.29, 0.717) is 30.3 Å². The zero-order valence-corrected chi connectivity index (χ0v) is 15.6. The van der Waals surface area contributed by atoms with E-state index < -0.39 is 23.5 Å². The molecular weight excluding hydrogens is 376 g/mol. The number of hydrogen-bond donors (Lipinski definition) is 1. The molecule has 0 unspecified atom stereocenters. The van der Waals surface area contributed by atoms with Gasteiger partial charge in [0.2, 0.25) is 11.6 Å². The van der Waals surface area contributed by atoms with Crippen LogP contribution in [0.2, 0.25) is 0 Å². The Morgan fingerprint density at radius 2 is 1.72 bits per heavy atom. The number of allylic oxidation sites excluding steroid dienone is 1. The third-order valence-corrected chi connectivity index (χ3v) is 5.05. The van der Waals surface area contributed by atoms with Crippen molar-refractivity contribution in [2.24, 2.45) is 0 Å². The highest BCUT2D eigenvalue weighted by Gasteiger charge is 2.38. The first kappa shape index (κ1) is 18.7. The fourth-order valence-electron chi connectivity index (χ4n) is 3.62. The summed E-state index contributed by atoms with van der Waals surface area (Å²) in [5.41, 5.74) is 0.801. The molecule has 1 aliphatic carbocycles. The van der Waals surface area contributed by atoms with E-state index in [4.69, 9.17) is 14.2 Å². The molecule has 0 bridgehead atoms. The SMILES string of the molecule is COC(=O)C[C@@H](C1=C(O)c2ccccc2C(=O)C1=O)c1ccc2c(c1)OCCO2. The standard InChI is InChI=1S/C22H18O7/c1-27-18(23)11-15(12-6-7-16-17(10-12)29-9-8-28-16)19-20(24)13-4-2-3-5-14(13)21(25)22(19)26/h2-7,10,15,24H,8-9,11H2,1H3/t15-/m1/s1. The Labute approximate surface area is 166 Å². The Bertz CT molecular complexity index is 1050. The van der Waals surface area contributed by atoms with Gasteiger partial charge >= 0.3 is 5.97 Å². The van der Waals surface area contributed by atoms with Crippen molar-refractivity contribution in [1.29, 1.82) is 0 Å². The van der Waals surface area contributed by atoms with Gasteiger partial charge in [0.15, 0.2) is 11.5 Å². The van der Waals surface area contributed by atoms with Crippen LogP contribution in [0.15, 0.2) is 48.0 Å². The number of carbonyl (C=O) groups excluding carboxylic acids is 3. The lowest BCUT2D eigenvalue weighted by Gasteiger charge is -2.26. The van der Waals surface area contributed by atoms with E-state index in [2.05, 4.69) is 0 Å². The number of ketones is 2. The van der Waals surface area contributed by atoms with Crippen molar-refractivity contribution in [2.75, 3.05) is 20.3 Å². The lowest BCUT2D eigenvalue weighted by Crippen LogP contribution is -2.28. The molecule has 0 amide bonds. The van der Waals surface area contributed by atoms with Crippen molar-refractivity contribution in [1.82, 2.24) is 0 Å². The normalized spacial score (nSPS) is 16.3. The summed E-state index contributed by atoms with van der Waals surface area (Å²) in [7, 11) is 1.24. The van der Waals surface area contributed by atoms with Crippen molar-refractivity contribution in [3.63, 3.8) is 0 Å². The van der Waals surface area contributed by atoms with Gasteiger partial charge in [-0.3, -0.25) is 14.4 Å². The summed E-state index contributed by atoms with van der Waals surface area (Å²) in [6.45, 7) is 0.796. The highest BCUT2D eigenvalue weighted by molar-refractivity contribution is 6.52. The summed E-state index contributed by atoms with van der Waals surface area (Å²) < 4.78 is 15.9. The van der Waals surface area contributed by atoms with Crippen LogP contribution in [0, 0.1) is 0 Å². The molecule has 148 valence electrons. The molecule has 4 rings (SSSR count). The number of Topliss-reactive ketones (excluding diaryl/α,β-unsaturated/α-hetero) is 2. The fourth-order valence-corrected chi connectivity index (χ4v) is 3.62. The number of aliphatic hydroxyl groups is 1.